The van der Waals surface area contributed by atoms with Gasteiger partial charge in [-0.1, -0.05) is 66.7 Å². The molecule has 1 aliphatic heterocycles. The molecule has 0 saturated carbocycles. The van der Waals surface area contributed by atoms with Crippen LogP contribution < -0.4 is 5.32 Å². The van der Waals surface area contributed by atoms with Crippen LogP contribution in [0.15, 0.2) is 78.9 Å². The van der Waals surface area contributed by atoms with E-state index in [9.17, 15) is 9.59 Å². The van der Waals surface area contributed by atoms with Crippen molar-refractivity contribution in [3.63, 3.8) is 0 Å². The van der Waals surface area contributed by atoms with Gasteiger partial charge in [0.15, 0.2) is 5.78 Å². The second kappa shape index (κ2) is 11.3. The van der Waals surface area contributed by atoms with E-state index in [4.69, 9.17) is 0 Å². The van der Waals surface area contributed by atoms with Crippen LogP contribution in [0, 0.1) is 0 Å². The standard InChI is InChI=1S/C30H34N2O2/c1-22-7-6-20-32(22)23(2)26-14-10-24(11-15-26)18-19-31-30(34)28-16-12-25(13-17-28)21-29(33)27-8-4-3-5-9-27/h3-5,8-17,22-23H,6-7,18-21H2,1-2H3,(H,31,34). The monoisotopic (exact) mass is 454 g/mol. The summed E-state index contributed by atoms with van der Waals surface area (Å²) in [6, 6.07) is 26.5. The quantitative estimate of drug-likeness (QED) is 0.426. The third kappa shape index (κ3) is 6.00. The van der Waals surface area contributed by atoms with Crippen molar-refractivity contribution in [1.29, 1.82) is 0 Å². The molecular weight excluding hydrogens is 420 g/mol. The van der Waals surface area contributed by atoms with Gasteiger partial charge in [-0.3, -0.25) is 14.5 Å². The first-order valence-corrected chi connectivity index (χ1v) is 12.3. The van der Waals surface area contributed by atoms with Crippen LogP contribution in [0.1, 0.15) is 70.1 Å². The molecule has 1 saturated heterocycles. The molecule has 3 aromatic rings. The highest BCUT2D eigenvalue weighted by molar-refractivity contribution is 5.98. The Morgan fingerprint density at radius 1 is 0.912 bits per heavy atom. The predicted molar refractivity (Wildman–Crippen MR) is 137 cm³/mol. The molecule has 4 rings (SSSR count). The second-order valence-corrected chi connectivity index (χ2v) is 9.32. The molecule has 1 aliphatic rings. The van der Waals surface area contributed by atoms with Crippen molar-refractivity contribution in [3.05, 3.63) is 107 Å². The van der Waals surface area contributed by atoms with Crippen LogP contribution in [0.25, 0.3) is 0 Å². The van der Waals surface area contributed by atoms with E-state index in [2.05, 4.69) is 48.3 Å². The summed E-state index contributed by atoms with van der Waals surface area (Å²) in [7, 11) is 0. The summed E-state index contributed by atoms with van der Waals surface area (Å²) in [5.74, 6) is -0.0117. The van der Waals surface area contributed by atoms with Crippen LogP contribution in [0.5, 0.6) is 0 Å². The summed E-state index contributed by atoms with van der Waals surface area (Å²) in [6.45, 7) is 6.38. The summed E-state index contributed by atoms with van der Waals surface area (Å²) < 4.78 is 0. The Morgan fingerprint density at radius 2 is 1.59 bits per heavy atom. The van der Waals surface area contributed by atoms with Crippen LogP contribution >= 0.6 is 0 Å². The van der Waals surface area contributed by atoms with Gasteiger partial charge in [0, 0.05) is 36.2 Å². The average Bonchev–Trinajstić information content (AvgIpc) is 3.30. The third-order valence-corrected chi connectivity index (χ3v) is 6.94. The molecule has 34 heavy (non-hydrogen) atoms. The summed E-state index contributed by atoms with van der Waals surface area (Å²) in [5.41, 5.74) is 4.80. The maximum absolute atomic E-state index is 12.5. The number of nitrogens with zero attached hydrogens (tertiary/aromatic N) is 1. The van der Waals surface area contributed by atoms with Crippen molar-refractivity contribution in [1.82, 2.24) is 10.2 Å². The Morgan fingerprint density at radius 3 is 2.24 bits per heavy atom. The van der Waals surface area contributed by atoms with E-state index in [0.717, 1.165) is 12.0 Å². The number of hydrogen-bond acceptors (Lipinski definition) is 3. The van der Waals surface area contributed by atoms with Crippen molar-refractivity contribution < 1.29 is 9.59 Å². The molecule has 0 aliphatic carbocycles. The lowest BCUT2D eigenvalue weighted by molar-refractivity contribution is 0.0953. The van der Waals surface area contributed by atoms with Crippen molar-refractivity contribution in [2.75, 3.05) is 13.1 Å². The van der Waals surface area contributed by atoms with Crippen LogP contribution in [-0.4, -0.2) is 35.7 Å². The number of rotatable bonds is 9. The molecule has 0 aromatic heterocycles. The first-order chi connectivity index (χ1) is 16.5. The Kier molecular flexibility index (Phi) is 7.91. The van der Waals surface area contributed by atoms with Gasteiger partial charge in [0.25, 0.3) is 5.91 Å². The highest BCUT2D eigenvalue weighted by Gasteiger charge is 2.25. The maximum Gasteiger partial charge on any atom is 0.251 e. The highest BCUT2D eigenvalue weighted by Crippen LogP contribution is 2.28. The first kappa shape index (κ1) is 23.9. The number of nitrogens with one attached hydrogen (secondary N) is 1. The average molecular weight is 455 g/mol. The Bertz CT molecular complexity index is 1090. The SMILES string of the molecule is CC1CCCN1C(C)c1ccc(CCNC(=O)c2ccc(CC(=O)c3ccccc3)cc2)cc1. The number of likely N-dealkylation sites (tertiary alicyclic amines) is 1. The highest BCUT2D eigenvalue weighted by atomic mass is 16.1. The second-order valence-electron chi connectivity index (χ2n) is 9.32. The largest absolute Gasteiger partial charge is 0.352 e. The molecular formula is C30H34N2O2. The summed E-state index contributed by atoms with van der Waals surface area (Å²) in [4.78, 5) is 27.5. The van der Waals surface area contributed by atoms with E-state index < -0.39 is 0 Å². The first-order valence-electron chi connectivity index (χ1n) is 12.3. The van der Waals surface area contributed by atoms with Gasteiger partial charge in [0.05, 0.1) is 0 Å². The number of Topliss-reactive ketones (excluding diaryl/α,β-unsaturated/α-hetero) is 1. The van der Waals surface area contributed by atoms with Crippen LogP contribution in [0.2, 0.25) is 0 Å². The molecule has 176 valence electrons. The van der Waals surface area contributed by atoms with Gasteiger partial charge < -0.3 is 5.32 Å². The molecule has 0 spiro atoms. The van der Waals surface area contributed by atoms with Gasteiger partial charge in [0.1, 0.15) is 0 Å². The molecule has 4 nitrogen and oxygen atoms in total. The topological polar surface area (TPSA) is 49.4 Å². The fraction of sp³-hybridized carbons (Fsp3) is 0.333. The summed E-state index contributed by atoms with van der Waals surface area (Å²) in [5, 5.41) is 3.01. The number of amides is 1. The van der Waals surface area contributed by atoms with Crippen LogP contribution in [0.4, 0.5) is 0 Å². The molecule has 4 heteroatoms. The fourth-order valence-corrected chi connectivity index (χ4v) is 4.79. The lowest BCUT2D eigenvalue weighted by Gasteiger charge is -2.29. The molecule has 1 amide bonds. The van der Waals surface area contributed by atoms with E-state index in [-0.39, 0.29) is 11.7 Å². The fourth-order valence-electron chi connectivity index (χ4n) is 4.79. The van der Waals surface area contributed by atoms with Crippen LogP contribution in [0.3, 0.4) is 0 Å². The zero-order valence-corrected chi connectivity index (χ0v) is 20.2. The van der Waals surface area contributed by atoms with E-state index in [1.54, 1.807) is 12.1 Å². The van der Waals surface area contributed by atoms with Gasteiger partial charge in [-0.25, -0.2) is 0 Å². The minimum atomic E-state index is -0.0887. The number of ketones is 1. The van der Waals surface area contributed by atoms with Gasteiger partial charge in [-0.15, -0.1) is 0 Å². The normalized spacial score (nSPS) is 16.8. The number of hydrogen-bond donors (Lipinski definition) is 1. The van der Waals surface area contributed by atoms with E-state index in [1.165, 1.54) is 30.5 Å². The minimum absolute atomic E-state index is 0.0770. The van der Waals surface area contributed by atoms with Gasteiger partial charge in [0.2, 0.25) is 0 Å². The lowest BCUT2D eigenvalue weighted by Crippen LogP contribution is -2.29. The summed E-state index contributed by atoms with van der Waals surface area (Å²) in [6.07, 6.45) is 3.70. The summed E-state index contributed by atoms with van der Waals surface area (Å²) >= 11 is 0. The molecule has 1 heterocycles. The number of benzene rings is 3. The van der Waals surface area contributed by atoms with Gasteiger partial charge in [-0.2, -0.15) is 0 Å². The molecule has 3 aromatic carbocycles. The predicted octanol–water partition coefficient (Wildman–Crippen LogP) is 5.63. The number of carbonyl (C=O) groups is 2. The maximum atomic E-state index is 12.5. The van der Waals surface area contributed by atoms with Gasteiger partial charge in [-0.05, 0) is 68.5 Å². The Balaban J connectivity index is 1.24. The zero-order chi connectivity index (χ0) is 23.9. The van der Waals surface area contributed by atoms with Crippen molar-refractivity contribution in [3.8, 4) is 0 Å². The molecule has 0 bridgehead atoms. The number of carbonyl (C=O) groups excluding carboxylic acids is 2. The van der Waals surface area contributed by atoms with E-state index >= 15 is 0 Å². The van der Waals surface area contributed by atoms with Gasteiger partial charge >= 0.3 is 0 Å². The molecule has 1 N–H and O–H groups in total. The molecule has 0 radical (unpaired) electrons. The van der Waals surface area contributed by atoms with Crippen molar-refractivity contribution in [2.45, 2.75) is 51.6 Å². The van der Waals surface area contributed by atoms with E-state index in [0.29, 0.717) is 36.2 Å². The Labute approximate surface area is 203 Å². The lowest BCUT2D eigenvalue weighted by atomic mass is 10.0. The minimum Gasteiger partial charge on any atom is -0.352 e. The third-order valence-electron chi connectivity index (χ3n) is 6.94. The van der Waals surface area contributed by atoms with Crippen molar-refractivity contribution >= 4 is 11.7 Å². The van der Waals surface area contributed by atoms with Crippen LogP contribution in [-0.2, 0) is 12.8 Å². The Hall–Kier alpha value is -3.24. The van der Waals surface area contributed by atoms with E-state index in [1.807, 2.05) is 42.5 Å². The molecule has 2 atom stereocenters. The van der Waals surface area contributed by atoms with Crippen molar-refractivity contribution in [2.24, 2.45) is 0 Å². The zero-order valence-electron chi connectivity index (χ0n) is 20.2. The molecule has 1 fully saturated rings. The smallest absolute Gasteiger partial charge is 0.251 e. The molecule has 2 unspecified atom stereocenters.